The maximum absolute atomic E-state index is 13.0. The van der Waals surface area contributed by atoms with Crippen LogP contribution in [0, 0.1) is 5.92 Å². The van der Waals surface area contributed by atoms with Gasteiger partial charge in [-0.25, -0.2) is 8.42 Å². The summed E-state index contributed by atoms with van der Waals surface area (Å²) in [6.45, 7) is 2.19. The van der Waals surface area contributed by atoms with Crippen molar-refractivity contribution < 1.29 is 17.9 Å². The van der Waals surface area contributed by atoms with E-state index in [-0.39, 0.29) is 22.4 Å². The summed E-state index contributed by atoms with van der Waals surface area (Å²) in [7, 11) is -3.95. The minimum absolute atomic E-state index is 0.0300. The van der Waals surface area contributed by atoms with Crippen molar-refractivity contribution in [2.45, 2.75) is 17.9 Å². The molecule has 0 spiro atoms. The largest absolute Gasteiger partial charge is 0.492 e. The molecule has 1 atom stereocenters. The summed E-state index contributed by atoms with van der Waals surface area (Å²) in [5.41, 5.74) is 1.00. The Labute approximate surface area is 179 Å². The highest BCUT2D eigenvalue weighted by Crippen LogP contribution is 2.29. The molecule has 1 fully saturated rings. The van der Waals surface area contributed by atoms with Crippen LogP contribution >= 0.6 is 11.6 Å². The molecular weight excluding hydrogens is 428 g/mol. The summed E-state index contributed by atoms with van der Waals surface area (Å²) < 4.78 is 41.3. The van der Waals surface area contributed by atoms with Crippen LogP contribution in [0.2, 0.25) is 5.02 Å². The van der Waals surface area contributed by atoms with Crippen molar-refractivity contribution in [3.05, 3.63) is 65.6 Å². The highest BCUT2D eigenvalue weighted by molar-refractivity contribution is 7.92. The summed E-state index contributed by atoms with van der Waals surface area (Å²) >= 11 is 6.05. The third-order valence-corrected chi connectivity index (χ3v) is 6.28. The number of pyridine rings is 1. The first-order chi connectivity index (χ1) is 14.5. The van der Waals surface area contributed by atoms with Gasteiger partial charge < -0.3 is 9.47 Å². The van der Waals surface area contributed by atoms with Crippen molar-refractivity contribution in [2.24, 2.45) is 5.92 Å². The molecule has 1 aromatic carbocycles. The summed E-state index contributed by atoms with van der Waals surface area (Å²) in [6.07, 6.45) is 5.98. The lowest BCUT2D eigenvalue weighted by Gasteiger charge is -2.15. The van der Waals surface area contributed by atoms with E-state index in [0.29, 0.717) is 31.4 Å². The maximum Gasteiger partial charge on any atom is 0.266 e. The Morgan fingerprint density at radius 2 is 2.07 bits per heavy atom. The normalized spacial score (nSPS) is 16.5. The van der Waals surface area contributed by atoms with Gasteiger partial charge in [0.25, 0.3) is 10.0 Å². The number of benzene rings is 1. The maximum atomic E-state index is 13.0. The van der Waals surface area contributed by atoms with Crippen molar-refractivity contribution in [3.63, 3.8) is 0 Å². The molecule has 1 aliphatic heterocycles. The van der Waals surface area contributed by atoms with Crippen LogP contribution in [0.4, 0.5) is 5.82 Å². The van der Waals surface area contributed by atoms with Crippen molar-refractivity contribution in [2.75, 3.05) is 24.5 Å². The number of rotatable bonds is 8. The smallest absolute Gasteiger partial charge is 0.266 e. The molecule has 3 heterocycles. The van der Waals surface area contributed by atoms with E-state index in [2.05, 4.69) is 14.8 Å². The van der Waals surface area contributed by atoms with Crippen LogP contribution < -0.4 is 9.46 Å². The molecule has 0 bridgehead atoms. The Bertz CT molecular complexity index is 1100. The molecule has 0 aliphatic carbocycles. The fourth-order valence-electron chi connectivity index (χ4n) is 3.11. The number of ether oxygens (including phenoxy) is 2. The second-order valence-electron chi connectivity index (χ2n) is 6.99. The van der Waals surface area contributed by atoms with Gasteiger partial charge in [0.1, 0.15) is 10.6 Å². The van der Waals surface area contributed by atoms with Crippen LogP contribution in [-0.2, 0) is 21.3 Å². The van der Waals surface area contributed by atoms with E-state index >= 15 is 0 Å². The topological polar surface area (TPSA) is 95.3 Å². The highest BCUT2D eigenvalue weighted by atomic mass is 35.5. The van der Waals surface area contributed by atoms with Gasteiger partial charge in [-0.3, -0.25) is 14.4 Å². The van der Waals surface area contributed by atoms with Gasteiger partial charge in [0.2, 0.25) is 0 Å². The lowest BCUT2D eigenvalue weighted by molar-refractivity contribution is 0.166. The fraction of sp³-hybridized carbons (Fsp3) is 0.300. The molecule has 0 amide bonds. The zero-order valence-electron chi connectivity index (χ0n) is 16.1. The summed E-state index contributed by atoms with van der Waals surface area (Å²) in [5.74, 6) is 0.697. The fourth-order valence-corrected chi connectivity index (χ4v) is 4.51. The number of nitrogens with one attached hydrogen (secondary N) is 1. The lowest BCUT2D eigenvalue weighted by Crippen LogP contribution is -2.17. The molecule has 0 radical (unpaired) electrons. The second kappa shape index (κ2) is 9.03. The van der Waals surface area contributed by atoms with Crippen LogP contribution in [-0.4, -0.2) is 43.0 Å². The molecule has 1 aliphatic rings. The molecule has 30 heavy (non-hydrogen) atoms. The molecule has 4 rings (SSSR count). The first-order valence-electron chi connectivity index (χ1n) is 9.45. The Hall–Kier alpha value is -2.62. The van der Waals surface area contributed by atoms with Gasteiger partial charge in [0, 0.05) is 42.2 Å². The molecule has 1 unspecified atom stereocenters. The van der Waals surface area contributed by atoms with E-state index in [1.807, 2.05) is 12.1 Å². The monoisotopic (exact) mass is 448 g/mol. The predicted octanol–water partition coefficient (Wildman–Crippen LogP) is 3.20. The van der Waals surface area contributed by atoms with E-state index in [9.17, 15) is 8.42 Å². The SMILES string of the molecule is O=S(=O)(Nc1ccn(Cc2ccncc2)n1)c1cc(Cl)ccc1OCC1CCOC1. The van der Waals surface area contributed by atoms with Crippen molar-refractivity contribution >= 4 is 27.4 Å². The summed E-state index contributed by atoms with van der Waals surface area (Å²) in [4.78, 5) is 3.95. The number of aromatic nitrogens is 3. The number of hydrogen-bond acceptors (Lipinski definition) is 6. The van der Waals surface area contributed by atoms with Crippen LogP contribution in [0.3, 0.4) is 0 Å². The van der Waals surface area contributed by atoms with E-state index in [1.165, 1.54) is 6.07 Å². The Balaban J connectivity index is 1.50. The van der Waals surface area contributed by atoms with E-state index in [4.69, 9.17) is 21.1 Å². The molecule has 10 heteroatoms. The zero-order chi connectivity index (χ0) is 21.0. The van der Waals surface area contributed by atoms with E-state index in [1.54, 1.807) is 41.5 Å². The molecule has 0 saturated carbocycles. The highest BCUT2D eigenvalue weighted by Gasteiger charge is 2.23. The Kier molecular flexibility index (Phi) is 6.21. The van der Waals surface area contributed by atoms with Gasteiger partial charge >= 0.3 is 0 Å². The molecule has 158 valence electrons. The van der Waals surface area contributed by atoms with Crippen LogP contribution in [0.5, 0.6) is 5.75 Å². The summed E-state index contributed by atoms with van der Waals surface area (Å²) in [6, 6.07) is 9.88. The molecular formula is C20H21ClN4O4S. The first-order valence-corrected chi connectivity index (χ1v) is 11.3. The molecule has 3 aromatic rings. The van der Waals surface area contributed by atoms with Gasteiger partial charge in [-0.05, 0) is 42.3 Å². The van der Waals surface area contributed by atoms with Crippen LogP contribution in [0.25, 0.3) is 0 Å². The lowest BCUT2D eigenvalue weighted by atomic mass is 10.1. The quantitative estimate of drug-likeness (QED) is 0.568. The van der Waals surface area contributed by atoms with Gasteiger partial charge in [-0.15, -0.1) is 0 Å². The predicted molar refractivity (Wildman–Crippen MR) is 112 cm³/mol. The van der Waals surface area contributed by atoms with Crippen molar-refractivity contribution in [1.29, 1.82) is 0 Å². The Morgan fingerprint density at radius 3 is 2.83 bits per heavy atom. The summed E-state index contributed by atoms with van der Waals surface area (Å²) in [5, 5.41) is 4.59. The van der Waals surface area contributed by atoms with Gasteiger partial charge in [0.05, 0.1) is 19.8 Å². The van der Waals surface area contributed by atoms with E-state index in [0.717, 1.165) is 12.0 Å². The van der Waals surface area contributed by atoms with Gasteiger partial charge in [0.15, 0.2) is 5.82 Å². The number of sulfonamides is 1. The number of anilines is 1. The van der Waals surface area contributed by atoms with Crippen LogP contribution in [0.15, 0.2) is 59.9 Å². The first kappa shape index (κ1) is 20.6. The average molecular weight is 449 g/mol. The van der Waals surface area contributed by atoms with Gasteiger partial charge in [-0.1, -0.05) is 11.6 Å². The number of hydrogen-bond donors (Lipinski definition) is 1. The molecule has 8 nitrogen and oxygen atoms in total. The minimum atomic E-state index is -3.95. The number of nitrogens with zero attached hydrogens (tertiary/aromatic N) is 3. The van der Waals surface area contributed by atoms with Crippen LogP contribution in [0.1, 0.15) is 12.0 Å². The molecule has 1 N–H and O–H groups in total. The van der Waals surface area contributed by atoms with Gasteiger partial charge in [-0.2, -0.15) is 5.10 Å². The third kappa shape index (κ3) is 5.10. The number of halogens is 1. The third-order valence-electron chi connectivity index (χ3n) is 4.67. The zero-order valence-corrected chi connectivity index (χ0v) is 17.6. The molecule has 1 saturated heterocycles. The van der Waals surface area contributed by atoms with Crippen molar-refractivity contribution in [1.82, 2.24) is 14.8 Å². The van der Waals surface area contributed by atoms with E-state index < -0.39 is 10.0 Å². The second-order valence-corrected chi connectivity index (χ2v) is 9.08. The Morgan fingerprint density at radius 1 is 1.23 bits per heavy atom. The minimum Gasteiger partial charge on any atom is -0.492 e. The van der Waals surface area contributed by atoms with Crippen molar-refractivity contribution in [3.8, 4) is 5.75 Å². The standard InChI is InChI=1S/C20H21ClN4O4S/c21-17-1-2-18(29-14-16-6-10-28-13-16)19(11-17)30(26,27)24-20-5-9-25(23-20)12-15-3-7-22-8-4-15/h1-5,7-9,11,16H,6,10,12-14H2,(H,23,24). The average Bonchev–Trinajstić information content (AvgIpc) is 3.40. The molecule has 2 aromatic heterocycles.